The predicted molar refractivity (Wildman–Crippen MR) is 132 cm³/mol. The summed E-state index contributed by atoms with van der Waals surface area (Å²) in [5.74, 6) is -0.294. The van der Waals surface area contributed by atoms with Gasteiger partial charge in [0.2, 0.25) is 5.60 Å². The molecule has 1 aliphatic rings. The van der Waals surface area contributed by atoms with E-state index in [1.807, 2.05) is 12.1 Å². The normalized spacial score (nSPS) is 16.5. The Morgan fingerprint density at radius 1 is 1.09 bits per heavy atom. The van der Waals surface area contributed by atoms with Crippen molar-refractivity contribution in [3.8, 4) is 17.2 Å². The molecule has 0 saturated heterocycles. The van der Waals surface area contributed by atoms with Gasteiger partial charge in [-0.05, 0) is 42.3 Å². The third-order valence-electron chi connectivity index (χ3n) is 5.79. The van der Waals surface area contributed by atoms with Crippen molar-refractivity contribution in [2.45, 2.75) is 18.4 Å². The van der Waals surface area contributed by atoms with Crippen LogP contribution in [0, 0.1) is 0 Å². The molecule has 0 bridgehead atoms. The monoisotopic (exact) mass is 515 g/mol. The molecule has 0 radical (unpaired) electrons. The highest BCUT2D eigenvalue weighted by Crippen LogP contribution is 2.42. The van der Waals surface area contributed by atoms with Crippen LogP contribution in [0.3, 0.4) is 0 Å². The molecule has 1 atom stereocenters. The number of carbonyl (C=O) groups excluding carboxylic acids is 1. The Balaban J connectivity index is 1.48. The van der Waals surface area contributed by atoms with Crippen LogP contribution in [-0.2, 0) is 16.8 Å². The summed E-state index contributed by atoms with van der Waals surface area (Å²) in [5, 5.41) is 13.5. The third kappa shape index (κ3) is 5.01. The van der Waals surface area contributed by atoms with Gasteiger partial charge >= 0.3 is 5.97 Å². The lowest BCUT2D eigenvalue weighted by atomic mass is 9.87. The van der Waals surface area contributed by atoms with E-state index in [2.05, 4.69) is 5.32 Å². The maximum atomic E-state index is 12.7. The van der Waals surface area contributed by atoms with Crippen molar-refractivity contribution in [1.29, 1.82) is 0 Å². The topological polar surface area (TPSA) is 94.1 Å². The number of carbonyl (C=O) groups is 2. The summed E-state index contributed by atoms with van der Waals surface area (Å²) in [6.45, 7) is 0.531. The maximum absolute atomic E-state index is 12.7. The third-order valence-corrected chi connectivity index (χ3v) is 6.38. The van der Waals surface area contributed by atoms with Gasteiger partial charge in [0, 0.05) is 24.1 Å². The molecule has 3 aromatic carbocycles. The molecule has 3 aromatic rings. The minimum atomic E-state index is -1.65. The second kappa shape index (κ2) is 10.5. The zero-order chi connectivity index (χ0) is 25.0. The summed E-state index contributed by atoms with van der Waals surface area (Å²) in [6.07, 6.45) is 0.623. The highest BCUT2D eigenvalue weighted by molar-refractivity contribution is 6.32. The van der Waals surface area contributed by atoms with Crippen molar-refractivity contribution in [3.05, 3.63) is 87.4 Å². The number of carboxylic acid groups (broad SMARTS) is 1. The van der Waals surface area contributed by atoms with Crippen molar-refractivity contribution >= 4 is 35.1 Å². The molecule has 0 aromatic heterocycles. The van der Waals surface area contributed by atoms with Crippen LogP contribution in [-0.4, -0.2) is 37.2 Å². The molecule has 1 unspecified atom stereocenters. The van der Waals surface area contributed by atoms with Crippen LogP contribution in [0.15, 0.2) is 60.7 Å². The molecule has 0 aliphatic carbocycles. The Morgan fingerprint density at radius 3 is 2.63 bits per heavy atom. The number of fused-ring (bicyclic) bond motifs is 1. The van der Waals surface area contributed by atoms with E-state index >= 15 is 0 Å². The molecule has 0 spiro atoms. The highest BCUT2D eigenvalue weighted by atomic mass is 35.5. The molecule has 2 N–H and O–H groups in total. The number of methoxy groups -OCH3 is 1. The Labute approximate surface area is 212 Å². The van der Waals surface area contributed by atoms with Crippen molar-refractivity contribution in [1.82, 2.24) is 5.32 Å². The maximum Gasteiger partial charge on any atom is 0.353 e. The zero-order valence-electron chi connectivity index (χ0n) is 18.8. The van der Waals surface area contributed by atoms with E-state index in [0.29, 0.717) is 40.6 Å². The first kappa shape index (κ1) is 24.7. The Kier molecular flexibility index (Phi) is 7.38. The standard InChI is InChI=1S/C26H23Cl2NO6/c1-33-23-16(5-4-7-19(23)27)11-13-29-24(30)17-9-10-22(20(28)15-17)35-26(25(31)32)12-14-34-21-8-3-2-6-18(21)26/h2-10,15H,11-14H2,1H3,(H,29,30)(H,31,32). The summed E-state index contributed by atoms with van der Waals surface area (Å²) in [6, 6.07) is 16.8. The predicted octanol–water partition coefficient (Wildman–Crippen LogP) is 5.12. The molecular formula is C26H23Cl2NO6. The molecule has 182 valence electrons. The van der Waals surface area contributed by atoms with E-state index < -0.39 is 11.6 Å². The lowest BCUT2D eigenvalue weighted by molar-refractivity contribution is -0.159. The molecule has 7 nitrogen and oxygen atoms in total. The smallest absolute Gasteiger partial charge is 0.353 e. The quantitative estimate of drug-likeness (QED) is 0.432. The number of halogens is 2. The van der Waals surface area contributed by atoms with Crippen LogP contribution in [0.25, 0.3) is 0 Å². The molecule has 0 saturated carbocycles. The zero-order valence-corrected chi connectivity index (χ0v) is 20.4. The number of rotatable bonds is 8. The van der Waals surface area contributed by atoms with Gasteiger partial charge in [0.15, 0.2) is 0 Å². The van der Waals surface area contributed by atoms with Crippen molar-refractivity contribution in [3.63, 3.8) is 0 Å². The average molecular weight is 516 g/mol. The van der Waals surface area contributed by atoms with Crippen LogP contribution >= 0.6 is 23.2 Å². The number of para-hydroxylation sites is 2. The first-order valence-corrected chi connectivity index (χ1v) is 11.6. The number of amides is 1. The van der Waals surface area contributed by atoms with E-state index in [1.165, 1.54) is 18.2 Å². The van der Waals surface area contributed by atoms with Gasteiger partial charge in [-0.1, -0.05) is 53.5 Å². The molecule has 1 aliphatic heterocycles. The van der Waals surface area contributed by atoms with Gasteiger partial charge in [0.05, 0.1) is 23.8 Å². The second-order valence-electron chi connectivity index (χ2n) is 7.91. The fourth-order valence-corrected chi connectivity index (χ4v) is 4.53. The molecule has 0 fully saturated rings. The van der Waals surface area contributed by atoms with E-state index in [0.717, 1.165) is 5.56 Å². The molecule has 35 heavy (non-hydrogen) atoms. The highest BCUT2D eigenvalue weighted by Gasteiger charge is 2.47. The van der Waals surface area contributed by atoms with Crippen LogP contribution in [0.4, 0.5) is 0 Å². The molecule has 9 heteroatoms. The minimum Gasteiger partial charge on any atom is -0.495 e. The number of benzene rings is 3. The van der Waals surface area contributed by atoms with E-state index in [-0.39, 0.29) is 29.7 Å². The van der Waals surface area contributed by atoms with E-state index in [4.69, 9.17) is 37.4 Å². The number of ether oxygens (including phenoxy) is 3. The number of nitrogens with one attached hydrogen (secondary N) is 1. The van der Waals surface area contributed by atoms with Gasteiger partial charge in [0.1, 0.15) is 17.2 Å². The lowest BCUT2D eigenvalue weighted by Crippen LogP contribution is -2.45. The Bertz CT molecular complexity index is 1260. The van der Waals surface area contributed by atoms with Crippen LogP contribution in [0.5, 0.6) is 17.2 Å². The number of aliphatic carboxylic acids is 1. The van der Waals surface area contributed by atoms with Crippen molar-refractivity contribution < 1.29 is 28.9 Å². The Hall–Kier alpha value is -3.42. The van der Waals surface area contributed by atoms with Crippen LogP contribution in [0.1, 0.15) is 27.9 Å². The summed E-state index contributed by atoms with van der Waals surface area (Å²) < 4.78 is 16.9. The average Bonchev–Trinajstić information content (AvgIpc) is 2.85. The largest absolute Gasteiger partial charge is 0.495 e. The number of carboxylic acids is 1. The molecule has 1 amide bonds. The number of hydrogen-bond donors (Lipinski definition) is 2. The fraction of sp³-hybridized carbons (Fsp3) is 0.231. The fourth-order valence-electron chi connectivity index (χ4n) is 4.04. The summed E-state index contributed by atoms with van der Waals surface area (Å²) in [7, 11) is 1.54. The van der Waals surface area contributed by atoms with E-state index in [1.54, 1.807) is 37.4 Å². The molecule has 4 rings (SSSR count). The van der Waals surface area contributed by atoms with Crippen molar-refractivity contribution in [2.24, 2.45) is 0 Å². The van der Waals surface area contributed by atoms with Gasteiger partial charge in [-0.3, -0.25) is 4.79 Å². The second-order valence-corrected chi connectivity index (χ2v) is 8.73. The SMILES string of the molecule is COc1c(Cl)cccc1CCNC(=O)c1ccc(OC2(C(=O)O)CCOc3ccccc32)c(Cl)c1. The van der Waals surface area contributed by atoms with Gasteiger partial charge in [-0.2, -0.15) is 0 Å². The number of hydrogen-bond acceptors (Lipinski definition) is 5. The van der Waals surface area contributed by atoms with Crippen LogP contribution in [0.2, 0.25) is 10.0 Å². The van der Waals surface area contributed by atoms with Gasteiger partial charge < -0.3 is 24.6 Å². The Morgan fingerprint density at radius 2 is 1.89 bits per heavy atom. The first-order valence-electron chi connectivity index (χ1n) is 10.9. The summed E-state index contributed by atoms with van der Waals surface area (Å²) in [4.78, 5) is 25.0. The van der Waals surface area contributed by atoms with Crippen molar-refractivity contribution in [2.75, 3.05) is 20.3 Å². The summed E-state index contributed by atoms with van der Waals surface area (Å²) in [5.41, 5.74) is -0.0545. The van der Waals surface area contributed by atoms with Crippen LogP contribution < -0.4 is 19.5 Å². The molecule has 1 heterocycles. The van der Waals surface area contributed by atoms with Gasteiger partial charge in [0.25, 0.3) is 5.91 Å². The minimum absolute atomic E-state index is 0.102. The molecular weight excluding hydrogens is 493 g/mol. The van der Waals surface area contributed by atoms with Gasteiger partial charge in [-0.15, -0.1) is 0 Å². The van der Waals surface area contributed by atoms with Gasteiger partial charge in [-0.25, -0.2) is 4.79 Å². The first-order chi connectivity index (χ1) is 16.9. The lowest BCUT2D eigenvalue weighted by Gasteiger charge is -2.35. The van der Waals surface area contributed by atoms with E-state index in [9.17, 15) is 14.7 Å². The summed E-state index contributed by atoms with van der Waals surface area (Å²) >= 11 is 12.6.